The Morgan fingerprint density at radius 3 is 2.52 bits per heavy atom. The Morgan fingerprint density at radius 2 is 1.96 bits per heavy atom. The van der Waals surface area contributed by atoms with Crippen molar-refractivity contribution in [3.63, 3.8) is 0 Å². The largest absolute Gasteiger partial charge is 0.347 e. The average Bonchev–Trinajstić information content (AvgIpc) is 3.35. The third-order valence-corrected chi connectivity index (χ3v) is 6.83. The molecule has 2 aromatic rings. The molecule has 7 heteroatoms. The van der Waals surface area contributed by atoms with Crippen LogP contribution in [0.3, 0.4) is 0 Å². The molecule has 1 aliphatic rings. The number of thiophene rings is 1. The van der Waals surface area contributed by atoms with E-state index >= 15 is 0 Å². The third kappa shape index (κ3) is 4.72. The van der Waals surface area contributed by atoms with Crippen LogP contribution >= 0.6 is 23.1 Å². The second-order valence-corrected chi connectivity index (χ2v) is 8.90. The number of likely N-dealkylation sites (N-methyl/N-ethyl adjacent to an activating group) is 1. The Bertz CT molecular complexity index is 775. The molecule has 144 valence electrons. The van der Waals surface area contributed by atoms with Crippen molar-refractivity contribution < 1.29 is 9.59 Å². The number of carbonyl (C=O) groups excluding carboxylic acids is 2. The van der Waals surface area contributed by atoms with Gasteiger partial charge in [0.2, 0.25) is 0 Å². The summed E-state index contributed by atoms with van der Waals surface area (Å²) in [6.45, 7) is 1.99. The lowest BCUT2D eigenvalue weighted by atomic mass is 10.1. The lowest BCUT2D eigenvalue weighted by molar-refractivity contribution is 0.0782. The molecule has 1 N–H and O–H groups in total. The van der Waals surface area contributed by atoms with E-state index in [1.165, 1.54) is 11.3 Å². The van der Waals surface area contributed by atoms with E-state index in [2.05, 4.69) is 30.6 Å². The smallest absolute Gasteiger partial charge is 0.261 e. The Labute approximate surface area is 168 Å². The van der Waals surface area contributed by atoms with Crippen LogP contribution in [0.15, 0.2) is 41.8 Å². The monoisotopic (exact) mass is 403 g/mol. The van der Waals surface area contributed by atoms with Gasteiger partial charge in [0.05, 0.1) is 4.88 Å². The van der Waals surface area contributed by atoms with Crippen molar-refractivity contribution in [3.05, 3.63) is 57.8 Å². The fourth-order valence-corrected chi connectivity index (χ4v) is 4.89. The molecule has 1 aromatic heterocycles. The predicted molar refractivity (Wildman–Crippen MR) is 113 cm³/mol. The van der Waals surface area contributed by atoms with Crippen LogP contribution in [0.5, 0.6) is 0 Å². The number of likely N-dealkylation sites (tertiary alicyclic amines) is 1. The van der Waals surface area contributed by atoms with E-state index in [1.54, 1.807) is 6.07 Å². The number of rotatable bonds is 6. The molecule has 2 heterocycles. The highest BCUT2D eigenvalue weighted by molar-refractivity contribution is 7.99. The number of benzene rings is 1. The minimum absolute atomic E-state index is 0.0694. The van der Waals surface area contributed by atoms with Crippen molar-refractivity contribution in [2.75, 3.05) is 33.4 Å². The minimum atomic E-state index is -0.0694. The highest BCUT2D eigenvalue weighted by Gasteiger charge is 2.36. The van der Waals surface area contributed by atoms with E-state index < -0.39 is 0 Å². The van der Waals surface area contributed by atoms with Gasteiger partial charge in [-0.2, -0.15) is 11.8 Å². The van der Waals surface area contributed by atoms with Crippen LogP contribution in [0.4, 0.5) is 0 Å². The molecule has 27 heavy (non-hydrogen) atoms. The predicted octanol–water partition coefficient (Wildman–Crippen LogP) is 2.80. The summed E-state index contributed by atoms with van der Waals surface area (Å²) in [7, 11) is 4.14. The molecule has 0 radical (unpaired) electrons. The summed E-state index contributed by atoms with van der Waals surface area (Å²) in [5.41, 5.74) is 1.67. The SMILES string of the molecule is CS[C@H]1CN(C(=O)c2ccc(CNC(=O)c3cccs3)cc2)C[C@H]1N(C)C. The molecule has 1 saturated heterocycles. The maximum Gasteiger partial charge on any atom is 0.261 e. The summed E-state index contributed by atoms with van der Waals surface area (Å²) >= 11 is 3.24. The quantitative estimate of drug-likeness (QED) is 0.806. The molecule has 0 unspecified atom stereocenters. The van der Waals surface area contributed by atoms with E-state index in [0.29, 0.717) is 28.3 Å². The van der Waals surface area contributed by atoms with Crippen molar-refractivity contribution in [1.82, 2.24) is 15.1 Å². The number of thioether (sulfide) groups is 1. The van der Waals surface area contributed by atoms with Gasteiger partial charge in [0.1, 0.15) is 0 Å². The molecule has 0 spiro atoms. The van der Waals surface area contributed by atoms with Crippen LogP contribution in [0, 0.1) is 0 Å². The number of nitrogens with zero attached hydrogens (tertiary/aromatic N) is 2. The fraction of sp³-hybridized carbons (Fsp3) is 0.400. The van der Waals surface area contributed by atoms with Crippen molar-refractivity contribution >= 4 is 34.9 Å². The van der Waals surface area contributed by atoms with E-state index in [0.717, 1.165) is 18.7 Å². The topological polar surface area (TPSA) is 52.7 Å². The molecule has 2 atom stereocenters. The first-order valence-electron chi connectivity index (χ1n) is 8.88. The van der Waals surface area contributed by atoms with E-state index in [4.69, 9.17) is 0 Å². The first kappa shape index (κ1) is 19.9. The summed E-state index contributed by atoms with van der Waals surface area (Å²) in [4.78, 5) is 29.7. The maximum atomic E-state index is 12.8. The number of carbonyl (C=O) groups is 2. The van der Waals surface area contributed by atoms with E-state index in [1.807, 2.05) is 52.4 Å². The summed E-state index contributed by atoms with van der Waals surface area (Å²) in [6, 6.07) is 11.6. The number of hydrogen-bond donors (Lipinski definition) is 1. The summed E-state index contributed by atoms with van der Waals surface area (Å²) in [5, 5.41) is 5.23. The van der Waals surface area contributed by atoms with Crippen LogP contribution in [0.1, 0.15) is 25.6 Å². The number of nitrogens with one attached hydrogen (secondary N) is 1. The second-order valence-electron chi connectivity index (χ2n) is 6.87. The van der Waals surface area contributed by atoms with Gasteiger partial charge in [0, 0.05) is 36.5 Å². The molecule has 0 saturated carbocycles. The van der Waals surface area contributed by atoms with Crippen LogP contribution in [0.25, 0.3) is 0 Å². The van der Waals surface area contributed by atoms with E-state index in [9.17, 15) is 9.59 Å². The van der Waals surface area contributed by atoms with Gasteiger partial charge in [0.15, 0.2) is 0 Å². The highest BCUT2D eigenvalue weighted by Crippen LogP contribution is 2.25. The van der Waals surface area contributed by atoms with Crippen molar-refractivity contribution in [2.45, 2.75) is 17.8 Å². The van der Waals surface area contributed by atoms with Gasteiger partial charge in [-0.05, 0) is 49.5 Å². The Morgan fingerprint density at radius 1 is 1.22 bits per heavy atom. The minimum Gasteiger partial charge on any atom is -0.347 e. The zero-order valence-corrected chi connectivity index (χ0v) is 17.5. The van der Waals surface area contributed by atoms with Gasteiger partial charge < -0.3 is 15.1 Å². The average molecular weight is 404 g/mol. The number of amides is 2. The molecule has 0 bridgehead atoms. The van der Waals surface area contributed by atoms with E-state index in [-0.39, 0.29) is 11.8 Å². The van der Waals surface area contributed by atoms with Gasteiger partial charge in [-0.15, -0.1) is 11.3 Å². The highest BCUT2D eigenvalue weighted by atomic mass is 32.2. The molecule has 2 amide bonds. The van der Waals surface area contributed by atoms with Gasteiger partial charge in [0.25, 0.3) is 11.8 Å². The first-order chi connectivity index (χ1) is 13.0. The Hall–Kier alpha value is -1.83. The lowest BCUT2D eigenvalue weighted by Crippen LogP contribution is -2.37. The van der Waals surface area contributed by atoms with Gasteiger partial charge in [-0.25, -0.2) is 0 Å². The molecule has 1 aromatic carbocycles. The molecular weight excluding hydrogens is 378 g/mol. The molecular formula is C20H25N3O2S2. The molecule has 1 fully saturated rings. The van der Waals surface area contributed by atoms with Crippen LogP contribution in [0.2, 0.25) is 0 Å². The van der Waals surface area contributed by atoms with Crippen LogP contribution < -0.4 is 5.32 Å². The zero-order chi connectivity index (χ0) is 19.4. The third-order valence-electron chi connectivity index (χ3n) is 4.89. The van der Waals surface area contributed by atoms with Gasteiger partial charge >= 0.3 is 0 Å². The number of hydrogen-bond acceptors (Lipinski definition) is 5. The van der Waals surface area contributed by atoms with Crippen LogP contribution in [-0.2, 0) is 6.54 Å². The molecule has 3 rings (SSSR count). The molecule has 1 aliphatic heterocycles. The van der Waals surface area contributed by atoms with Crippen molar-refractivity contribution in [3.8, 4) is 0 Å². The van der Waals surface area contributed by atoms with Gasteiger partial charge in [-0.3, -0.25) is 9.59 Å². The second kappa shape index (κ2) is 8.91. The standard InChI is InChI=1S/C20H25N3O2S2/c1-22(2)16-12-23(13-18(16)26-3)20(25)15-8-6-14(7-9-15)11-21-19(24)17-5-4-10-27-17/h4-10,16,18H,11-13H2,1-3H3,(H,21,24)/t16-,18+/m1/s1. The Kier molecular flexibility index (Phi) is 6.57. The summed E-state index contributed by atoms with van der Waals surface area (Å²) in [5.74, 6) is 0.00706. The molecule has 0 aliphatic carbocycles. The zero-order valence-electron chi connectivity index (χ0n) is 15.8. The maximum absolute atomic E-state index is 12.8. The lowest BCUT2D eigenvalue weighted by Gasteiger charge is -2.23. The first-order valence-corrected chi connectivity index (χ1v) is 11.1. The summed E-state index contributed by atoms with van der Waals surface area (Å²) in [6.07, 6.45) is 2.11. The van der Waals surface area contributed by atoms with Crippen molar-refractivity contribution in [2.24, 2.45) is 0 Å². The van der Waals surface area contributed by atoms with Crippen LogP contribution in [-0.4, -0.2) is 66.3 Å². The molecule has 5 nitrogen and oxygen atoms in total. The fourth-order valence-electron chi connectivity index (χ4n) is 3.28. The normalized spacial score (nSPS) is 19.5. The van der Waals surface area contributed by atoms with Gasteiger partial charge in [-0.1, -0.05) is 18.2 Å². The Balaban J connectivity index is 1.58. The van der Waals surface area contributed by atoms with Crippen molar-refractivity contribution in [1.29, 1.82) is 0 Å². The summed E-state index contributed by atoms with van der Waals surface area (Å²) < 4.78 is 0.